The first-order valence-electron chi connectivity index (χ1n) is 5.84. The Hall–Kier alpha value is -1.13. The normalized spacial score (nSPS) is 18.3. The second-order valence-corrected chi connectivity index (χ2v) is 4.50. The average Bonchev–Trinajstić information content (AvgIpc) is 2.84. The van der Waals surface area contributed by atoms with Crippen molar-refractivity contribution in [2.75, 3.05) is 20.1 Å². The van der Waals surface area contributed by atoms with Crippen LogP contribution in [0.4, 0.5) is 4.39 Å². The number of amides is 1. The quantitative estimate of drug-likeness (QED) is 0.893. The molecule has 1 atom stereocenters. The summed E-state index contributed by atoms with van der Waals surface area (Å²) in [6.45, 7) is 3.37. The number of halogens is 2. The number of carbonyl (C=O) groups excluding carboxylic acids is 1. The van der Waals surface area contributed by atoms with E-state index in [1.165, 1.54) is 0 Å². The van der Waals surface area contributed by atoms with Crippen molar-refractivity contribution in [3.8, 4) is 0 Å². The van der Waals surface area contributed by atoms with Crippen LogP contribution in [0.15, 0.2) is 18.2 Å². The van der Waals surface area contributed by atoms with E-state index in [9.17, 15) is 9.18 Å². The fourth-order valence-corrected chi connectivity index (χ4v) is 2.14. The maximum atomic E-state index is 13.8. The number of rotatable bonds is 2. The highest BCUT2D eigenvalue weighted by molar-refractivity contribution is 5.94. The lowest BCUT2D eigenvalue weighted by molar-refractivity contribution is 0.0739. The number of nitrogens with zero attached hydrogens (tertiary/aromatic N) is 1. The van der Waals surface area contributed by atoms with E-state index in [0.29, 0.717) is 5.56 Å². The van der Waals surface area contributed by atoms with Gasteiger partial charge in [-0.2, -0.15) is 0 Å². The molecule has 0 aromatic heterocycles. The van der Waals surface area contributed by atoms with E-state index < -0.39 is 5.82 Å². The third-order valence-corrected chi connectivity index (χ3v) is 3.32. The number of hydrogen-bond donors (Lipinski definition) is 1. The Labute approximate surface area is 113 Å². The van der Waals surface area contributed by atoms with E-state index in [2.05, 4.69) is 5.32 Å². The lowest BCUT2D eigenvalue weighted by Crippen LogP contribution is -2.38. The van der Waals surface area contributed by atoms with E-state index in [4.69, 9.17) is 0 Å². The number of benzene rings is 1. The van der Waals surface area contributed by atoms with Crippen LogP contribution < -0.4 is 5.32 Å². The first-order chi connectivity index (χ1) is 8.11. The average molecular weight is 273 g/mol. The van der Waals surface area contributed by atoms with Gasteiger partial charge in [-0.25, -0.2) is 4.39 Å². The van der Waals surface area contributed by atoms with Crippen molar-refractivity contribution in [1.29, 1.82) is 0 Å². The molecule has 0 aliphatic carbocycles. The molecule has 18 heavy (non-hydrogen) atoms. The van der Waals surface area contributed by atoms with Gasteiger partial charge < -0.3 is 10.2 Å². The standard InChI is InChI=1S/C13H17FN2O.ClH/c1-9-4-3-5-11(12(9)14)13(17)16(2)10-6-7-15-8-10;/h3-5,10,15H,6-8H2,1-2H3;1H. The number of hydrogen-bond acceptors (Lipinski definition) is 2. The molecule has 1 saturated heterocycles. The molecule has 0 spiro atoms. The van der Waals surface area contributed by atoms with Crippen LogP contribution >= 0.6 is 12.4 Å². The van der Waals surface area contributed by atoms with Gasteiger partial charge in [-0.3, -0.25) is 4.79 Å². The van der Waals surface area contributed by atoms with Crippen molar-refractivity contribution < 1.29 is 9.18 Å². The lowest BCUT2D eigenvalue weighted by atomic mass is 10.1. The van der Waals surface area contributed by atoms with E-state index in [-0.39, 0.29) is 29.9 Å². The first-order valence-corrected chi connectivity index (χ1v) is 5.84. The number of aryl methyl sites for hydroxylation is 1. The van der Waals surface area contributed by atoms with Crippen molar-refractivity contribution in [1.82, 2.24) is 10.2 Å². The molecule has 5 heteroatoms. The summed E-state index contributed by atoms with van der Waals surface area (Å²) in [5.41, 5.74) is 0.674. The third-order valence-electron chi connectivity index (χ3n) is 3.32. The second-order valence-electron chi connectivity index (χ2n) is 4.50. The lowest BCUT2D eigenvalue weighted by Gasteiger charge is -2.24. The van der Waals surface area contributed by atoms with E-state index >= 15 is 0 Å². The Kier molecular flexibility index (Phi) is 5.11. The first kappa shape index (κ1) is 14.9. The summed E-state index contributed by atoms with van der Waals surface area (Å²) < 4.78 is 13.8. The van der Waals surface area contributed by atoms with Crippen LogP contribution in [0.1, 0.15) is 22.3 Å². The van der Waals surface area contributed by atoms with Gasteiger partial charge in [0.1, 0.15) is 5.82 Å². The molecule has 1 unspecified atom stereocenters. The summed E-state index contributed by atoms with van der Waals surface area (Å²) in [5, 5.41) is 3.20. The van der Waals surface area contributed by atoms with E-state index in [1.54, 1.807) is 37.1 Å². The highest BCUT2D eigenvalue weighted by atomic mass is 35.5. The van der Waals surface area contributed by atoms with Crippen LogP contribution in [0.2, 0.25) is 0 Å². The molecule has 0 bridgehead atoms. The Morgan fingerprint density at radius 2 is 2.22 bits per heavy atom. The van der Waals surface area contributed by atoms with Gasteiger partial charge in [0.2, 0.25) is 0 Å². The van der Waals surface area contributed by atoms with Gasteiger partial charge in [-0.1, -0.05) is 12.1 Å². The van der Waals surface area contributed by atoms with Crippen molar-refractivity contribution in [2.45, 2.75) is 19.4 Å². The smallest absolute Gasteiger partial charge is 0.256 e. The molecule has 1 amide bonds. The molecular formula is C13H18ClFN2O. The number of nitrogens with one attached hydrogen (secondary N) is 1. The zero-order valence-corrected chi connectivity index (χ0v) is 11.4. The summed E-state index contributed by atoms with van der Waals surface area (Å²) in [6.07, 6.45) is 0.926. The summed E-state index contributed by atoms with van der Waals surface area (Å²) in [7, 11) is 1.74. The number of carbonyl (C=O) groups is 1. The fourth-order valence-electron chi connectivity index (χ4n) is 2.14. The van der Waals surface area contributed by atoms with Crippen LogP contribution in [0.25, 0.3) is 0 Å². The molecule has 1 aliphatic rings. The minimum absolute atomic E-state index is 0. The Morgan fingerprint density at radius 1 is 1.50 bits per heavy atom. The summed E-state index contributed by atoms with van der Waals surface area (Å²) in [6, 6.07) is 5.10. The molecule has 2 rings (SSSR count). The van der Waals surface area contributed by atoms with Crippen LogP contribution in [-0.4, -0.2) is 37.0 Å². The molecule has 100 valence electrons. The maximum Gasteiger partial charge on any atom is 0.256 e. The van der Waals surface area contributed by atoms with Crippen molar-refractivity contribution in [3.05, 3.63) is 35.1 Å². The van der Waals surface area contributed by atoms with Gasteiger partial charge in [0.25, 0.3) is 5.91 Å². The highest BCUT2D eigenvalue weighted by Gasteiger charge is 2.25. The molecule has 1 aromatic rings. The highest BCUT2D eigenvalue weighted by Crippen LogP contribution is 2.16. The van der Waals surface area contributed by atoms with Crippen LogP contribution in [0.5, 0.6) is 0 Å². The minimum Gasteiger partial charge on any atom is -0.337 e. The Bertz CT molecular complexity index is 433. The Morgan fingerprint density at radius 3 is 2.83 bits per heavy atom. The molecule has 1 N–H and O–H groups in total. The van der Waals surface area contributed by atoms with Crippen molar-refractivity contribution in [3.63, 3.8) is 0 Å². The molecule has 3 nitrogen and oxygen atoms in total. The fraction of sp³-hybridized carbons (Fsp3) is 0.462. The maximum absolute atomic E-state index is 13.8. The molecule has 0 saturated carbocycles. The molecular weight excluding hydrogens is 255 g/mol. The predicted molar refractivity (Wildman–Crippen MR) is 71.8 cm³/mol. The topological polar surface area (TPSA) is 32.3 Å². The molecule has 0 radical (unpaired) electrons. The molecule has 1 heterocycles. The van der Waals surface area contributed by atoms with Crippen LogP contribution in [-0.2, 0) is 0 Å². The molecule has 1 fully saturated rings. The van der Waals surface area contributed by atoms with Crippen LogP contribution in [0, 0.1) is 12.7 Å². The second kappa shape index (κ2) is 6.16. The van der Waals surface area contributed by atoms with E-state index in [0.717, 1.165) is 19.5 Å². The Balaban J connectivity index is 0.00000162. The van der Waals surface area contributed by atoms with Gasteiger partial charge in [0, 0.05) is 19.6 Å². The summed E-state index contributed by atoms with van der Waals surface area (Å²) in [5.74, 6) is -0.643. The summed E-state index contributed by atoms with van der Waals surface area (Å²) in [4.78, 5) is 13.8. The minimum atomic E-state index is -0.407. The van der Waals surface area contributed by atoms with Crippen molar-refractivity contribution >= 4 is 18.3 Å². The van der Waals surface area contributed by atoms with Crippen molar-refractivity contribution in [2.24, 2.45) is 0 Å². The SMILES string of the molecule is Cc1cccc(C(=O)N(C)C2CCNC2)c1F.Cl. The molecule has 1 aromatic carbocycles. The van der Waals surface area contributed by atoms with Gasteiger partial charge in [-0.15, -0.1) is 12.4 Å². The number of likely N-dealkylation sites (N-methyl/N-ethyl adjacent to an activating group) is 1. The van der Waals surface area contributed by atoms with Gasteiger partial charge in [0.15, 0.2) is 0 Å². The zero-order valence-electron chi connectivity index (χ0n) is 10.6. The largest absolute Gasteiger partial charge is 0.337 e. The summed E-state index contributed by atoms with van der Waals surface area (Å²) >= 11 is 0. The van der Waals surface area contributed by atoms with E-state index in [1.807, 2.05) is 0 Å². The van der Waals surface area contributed by atoms with Gasteiger partial charge in [-0.05, 0) is 31.5 Å². The van der Waals surface area contributed by atoms with Crippen LogP contribution in [0.3, 0.4) is 0 Å². The molecule has 1 aliphatic heterocycles. The predicted octanol–water partition coefficient (Wildman–Crippen LogP) is 1.99. The van der Waals surface area contributed by atoms with Gasteiger partial charge in [0.05, 0.1) is 5.56 Å². The zero-order chi connectivity index (χ0) is 12.4. The van der Waals surface area contributed by atoms with Gasteiger partial charge >= 0.3 is 0 Å². The third kappa shape index (κ3) is 2.82. The monoisotopic (exact) mass is 272 g/mol.